The lowest BCUT2D eigenvalue weighted by Gasteiger charge is -2.57. The van der Waals surface area contributed by atoms with Gasteiger partial charge in [-0.2, -0.15) is 0 Å². The fraction of sp³-hybridized carbons (Fsp3) is 0.741. The fourth-order valence-electron chi connectivity index (χ4n) is 8.07. The predicted molar refractivity (Wildman–Crippen MR) is 129 cm³/mol. The van der Waals surface area contributed by atoms with Gasteiger partial charge < -0.3 is 10.4 Å². The summed E-state index contributed by atoms with van der Waals surface area (Å²) in [7, 11) is 0. The summed E-state index contributed by atoms with van der Waals surface area (Å²) in [5, 5.41) is 13.5. The highest BCUT2D eigenvalue weighted by molar-refractivity contribution is 6.45. The Morgan fingerprint density at radius 1 is 1.24 bits per heavy atom. The number of amides is 1. The number of carbonyl (C=O) groups excluding carboxylic acids is 3. The normalized spacial score (nSPS) is 41.4. The molecule has 0 aromatic heterocycles. The first-order chi connectivity index (χ1) is 16.0. The molecule has 0 radical (unpaired) electrons. The SMILES string of the molecule is CCCCCNC(=O)C(=O)[C@H]1C(C)C[C@H]2[C@@H]3CC(F)C4=CC(=O)C(Cl)=C(O)[C@]4(C)[C@H]3CC[C@]12C. The van der Waals surface area contributed by atoms with Crippen LogP contribution in [0.5, 0.6) is 0 Å². The fourth-order valence-corrected chi connectivity index (χ4v) is 8.32. The van der Waals surface area contributed by atoms with Crippen LogP contribution in [0.4, 0.5) is 4.39 Å². The molecule has 4 aliphatic carbocycles. The molecule has 0 heterocycles. The summed E-state index contributed by atoms with van der Waals surface area (Å²) in [6.07, 6.45) is 5.23. The van der Waals surface area contributed by atoms with Gasteiger partial charge in [0.15, 0.2) is 0 Å². The quantitative estimate of drug-likeness (QED) is 0.381. The van der Waals surface area contributed by atoms with Crippen LogP contribution in [0.2, 0.25) is 0 Å². The van der Waals surface area contributed by atoms with Crippen molar-refractivity contribution in [3.05, 3.63) is 22.4 Å². The summed E-state index contributed by atoms with van der Waals surface area (Å²) in [4.78, 5) is 38.3. The van der Waals surface area contributed by atoms with Gasteiger partial charge in [0, 0.05) is 12.5 Å². The second kappa shape index (κ2) is 9.07. The van der Waals surface area contributed by atoms with Crippen molar-refractivity contribution in [3.8, 4) is 0 Å². The molecule has 3 saturated carbocycles. The van der Waals surface area contributed by atoms with E-state index in [-0.39, 0.29) is 46.7 Å². The number of rotatable bonds is 6. The third-order valence-corrected chi connectivity index (χ3v) is 10.1. The van der Waals surface area contributed by atoms with Crippen molar-refractivity contribution in [3.63, 3.8) is 0 Å². The van der Waals surface area contributed by atoms with E-state index in [2.05, 4.69) is 19.2 Å². The van der Waals surface area contributed by atoms with Gasteiger partial charge in [-0.25, -0.2) is 4.39 Å². The monoisotopic (exact) mass is 493 g/mol. The van der Waals surface area contributed by atoms with Crippen molar-refractivity contribution in [1.29, 1.82) is 0 Å². The minimum atomic E-state index is -1.35. The molecule has 0 aromatic rings. The van der Waals surface area contributed by atoms with E-state index in [9.17, 15) is 19.5 Å². The van der Waals surface area contributed by atoms with Gasteiger partial charge in [-0.3, -0.25) is 14.4 Å². The predicted octanol–water partition coefficient (Wildman–Crippen LogP) is 5.43. The molecular formula is C27H37ClFNO4. The van der Waals surface area contributed by atoms with Crippen LogP contribution in [-0.2, 0) is 14.4 Å². The van der Waals surface area contributed by atoms with E-state index in [4.69, 9.17) is 11.6 Å². The Labute approximate surface area is 206 Å². The average Bonchev–Trinajstić information content (AvgIpc) is 3.07. The smallest absolute Gasteiger partial charge is 0.287 e. The van der Waals surface area contributed by atoms with E-state index in [0.29, 0.717) is 25.0 Å². The molecular weight excluding hydrogens is 457 g/mol. The number of hydrogen-bond acceptors (Lipinski definition) is 4. The van der Waals surface area contributed by atoms with Gasteiger partial charge >= 0.3 is 0 Å². The highest BCUT2D eigenvalue weighted by atomic mass is 35.5. The van der Waals surface area contributed by atoms with Crippen molar-refractivity contribution < 1.29 is 23.9 Å². The van der Waals surface area contributed by atoms with Crippen LogP contribution in [0, 0.1) is 40.4 Å². The zero-order valence-electron chi connectivity index (χ0n) is 20.6. The molecule has 4 aliphatic rings. The molecule has 4 rings (SSSR count). The molecule has 34 heavy (non-hydrogen) atoms. The molecule has 0 bridgehead atoms. The minimum absolute atomic E-state index is 0.0195. The molecule has 7 heteroatoms. The zero-order chi connectivity index (χ0) is 25.0. The Balaban J connectivity index is 1.61. The van der Waals surface area contributed by atoms with Gasteiger partial charge in [-0.05, 0) is 79.8 Å². The summed E-state index contributed by atoms with van der Waals surface area (Å²) >= 11 is 6.15. The number of alkyl halides is 1. The number of Topliss-reactive ketones (excluding diaryl/α,β-unsaturated/α-hetero) is 1. The number of nitrogens with one attached hydrogen (secondary N) is 1. The van der Waals surface area contributed by atoms with Crippen molar-refractivity contribution in [1.82, 2.24) is 5.32 Å². The maximum atomic E-state index is 15.5. The van der Waals surface area contributed by atoms with Gasteiger partial charge in [0.1, 0.15) is 17.0 Å². The average molecular weight is 494 g/mol. The lowest BCUT2D eigenvalue weighted by atomic mass is 9.47. The highest BCUT2D eigenvalue weighted by Crippen LogP contribution is 2.68. The van der Waals surface area contributed by atoms with E-state index < -0.39 is 34.6 Å². The lowest BCUT2D eigenvalue weighted by molar-refractivity contribution is -0.145. The summed E-state index contributed by atoms with van der Waals surface area (Å²) in [5.74, 6) is -2.07. The number of allylic oxidation sites excluding steroid dienone is 3. The molecule has 0 saturated heterocycles. The van der Waals surface area contributed by atoms with Gasteiger partial charge in [0.25, 0.3) is 5.91 Å². The van der Waals surface area contributed by atoms with Gasteiger partial charge in [-0.1, -0.05) is 45.2 Å². The van der Waals surface area contributed by atoms with E-state index in [1.165, 1.54) is 6.08 Å². The Bertz CT molecular complexity index is 960. The van der Waals surface area contributed by atoms with Crippen molar-refractivity contribution in [2.75, 3.05) is 6.54 Å². The van der Waals surface area contributed by atoms with Crippen molar-refractivity contribution >= 4 is 29.1 Å². The highest BCUT2D eigenvalue weighted by Gasteiger charge is 2.65. The summed E-state index contributed by atoms with van der Waals surface area (Å²) in [6.45, 7) is 8.53. The zero-order valence-corrected chi connectivity index (χ0v) is 21.4. The molecule has 3 fully saturated rings. The molecule has 2 N–H and O–H groups in total. The number of aliphatic hydroxyl groups is 1. The van der Waals surface area contributed by atoms with Gasteiger partial charge in [-0.15, -0.1) is 0 Å². The number of fused-ring (bicyclic) bond motifs is 5. The number of carbonyl (C=O) groups is 3. The van der Waals surface area contributed by atoms with Crippen molar-refractivity contribution in [2.24, 2.45) is 40.4 Å². The summed E-state index contributed by atoms with van der Waals surface area (Å²) in [6, 6.07) is 0. The number of aliphatic hydroxyl groups excluding tert-OH is 1. The first kappa shape index (κ1) is 25.4. The van der Waals surface area contributed by atoms with Crippen LogP contribution in [0.15, 0.2) is 22.4 Å². The standard InChI is InChI=1S/C27H37ClFNO4/c1-5-6-7-10-30-25(34)23(32)21-14(2)11-17-15-12-19(29)18-13-20(31)22(28)24(33)27(18,4)16(15)8-9-26(17,21)3/h13-17,19,21,33H,5-12H2,1-4H3,(H,30,34)/t14?,15-,16+,17+,19?,21-,26+,27-/m1/s1. The van der Waals surface area contributed by atoms with Gasteiger partial charge in [0.2, 0.25) is 11.6 Å². The first-order valence-corrected chi connectivity index (χ1v) is 13.2. The van der Waals surface area contributed by atoms with Crippen LogP contribution in [0.3, 0.4) is 0 Å². The van der Waals surface area contributed by atoms with E-state index in [1.807, 2.05) is 6.92 Å². The molecule has 1 amide bonds. The third-order valence-electron chi connectivity index (χ3n) is 9.71. The van der Waals surface area contributed by atoms with E-state index in [1.54, 1.807) is 6.92 Å². The van der Waals surface area contributed by atoms with Crippen LogP contribution in [0.1, 0.15) is 72.6 Å². The van der Waals surface area contributed by atoms with E-state index >= 15 is 4.39 Å². The molecule has 2 unspecified atom stereocenters. The number of halogens is 2. The van der Waals surface area contributed by atoms with Crippen LogP contribution in [-0.4, -0.2) is 35.3 Å². The van der Waals surface area contributed by atoms with Crippen molar-refractivity contribution in [2.45, 2.75) is 78.8 Å². The third kappa shape index (κ3) is 3.66. The molecule has 188 valence electrons. The topological polar surface area (TPSA) is 83.5 Å². The summed E-state index contributed by atoms with van der Waals surface area (Å²) in [5.41, 5.74) is -1.09. The number of ketones is 2. The second-order valence-corrected chi connectivity index (χ2v) is 11.8. The Hall–Kier alpha value is -1.69. The Morgan fingerprint density at radius 3 is 2.62 bits per heavy atom. The maximum absolute atomic E-state index is 15.5. The number of hydrogen-bond donors (Lipinski definition) is 2. The lowest BCUT2D eigenvalue weighted by Crippen LogP contribution is -2.55. The largest absolute Gasteiger partial charge is 0.510 e. The maximum Gasteiger partial charge on any atom is 0.287 e. The molecule has 0 spiro atoms. The van der Waals surface area contributed by atoms with Crippen LogP contribution in [0.25, 0.3) is 0 Å². The summed E-state index contributed by atoms with van der Waals surface area (Å²) < 4.78 is 15.5. The Morgan fingerprint density at radius 2 is 1.94 bits per heavy atom. The molecule has 5 nitrogen and oxygen atoms in total. The molecule has 8 atom stereocenters. The first-order valence-electron chi connectivity index (χ1n) is 12.8. The number of unbranched alkanes of at least 4 members (excludes halogenated alkanes) is 2. The van der Waals surface area contributed by atoms with Crippen LogP contribution >= 0.6 is 11.6 Å². The Kier molecular flexibility index (Phi) is 6.78. The molecule has 0 aliphatic heterocycles. The molecule has 0 aromatic carbocycles. The van der Waals surface area contributed by atoms with E-state index in [0.717, 1.165) is 25.7 Å². The van der Waals surface area contributed by atoms with Gasteiger partial charge in [0.05, 0.1) is 5.41 Å². The second-order valence-electron chi connectivity index (χ2n) is 11.5. The minimum Gasteiger partial charge on any atom is -0.510 e. The van der Waals surface area contributed by atoms with Crippen LogP contribution < -0.4 is 5.32 Å².